The van der Waals surface area contributed by atoms with Crippen LogP contribution in [0.5, 0.6) is 0 Å². The molecule has 2 aromatic rings. The molecular weight excluding hydrogens is 317 g/mol. The van der Waals surface area contributed by atoms with E-state index in [1.54, 1.807) is 0 Å². The molecule has 2 N–H and O–H groups in total. The summed E-state index contributed by atoms with van der Waals surface area (Å²) in [4.78, 5) is 28.7. The van der Waals surface area contributed by atoms with Crippen molar-refractivity contribution in [2.75, 3.05) is 10.6 Å². The third-order valence-electron chi connectivity index (χ3n) is 3.71. The number of hydrogen-bond acceptors (Lipinski definition) is 4. The molecule has 0 saturated carbocycles. The lowest BCUT2D eigenvalue weighted by Gasteiger charge is -2.24. The highest BCUT2D eigenvalue weighted by molar-refractivity contribution is 7.13. The van der Waals surface area contributed by atoms with Crippen molar-refractivity contribution in [1.29, 1.82) is 0 Å². The molecule has 2 amide bonds. The SMILES string of the molecule is CC(C)c1csc(NC(=O)C2CC(=O)Nc3cc(F)ccc32)n1. The number of amides is 2. The maximum atomic E-state index is 13.3. The Labute approximate surface area is 136 Å². The molecule has 0 fully saturated rings. The van der Waals surface area contributed by atoms with Crippen molar-refractivity contribution < 1.29 is 14.0 Å². The van der Waals surface area contributed by atoms with Gasteiger partial charge in [-0.15, -0.1) is 11.3 Å². The van der Waals surface area contributed by atoms with Crippen LogP contribution in [-0.4, -0.2) is 16.8 Å². The van der Waals surface area contributed by atoms with Crippen LogP contribution in [0, 0.1) is 5.82 Å². The number of halogens is 1. The van der Waals surface area contributed by atoms with Crippen LogP contribution < -0.4 is 10.6 Å². The minimum Gasteiger partial charge on any atom is -0.326 e. The van der Waals surface area contributed by atoms with Crippen LogP contribution in [-0.2, 0) is 9.59 Å². The zero-order valence-corrected chi connectivity index (χ0v) is 13.5. The van der Waals surface area contributed by atoms with Crippen molar-refractivity contribution in [2.24, 2.45) is 0 Å². The van der Waals surface area contributed by atoms with E-state index in [0.29, 0.717) is 16.4 Å². The van der Waals surface area contributed by atoms with E-state index in [0.717, 1.165) is 5.69 Å². The Morgan fingerprint density at radius 1 is 1.48 bits per heavy atom. The average Bonchev–Trinajstić information content (AvgIpc) is 2.94. The van der Waals surface area contributed by atoms with Crippen molar-refractivity contribution in [3.8, 4) is 0 Å². The highest BCUT2D eigenvalue weighted by Crippen LogP contribution is 2.34. The summed E-state index contributed by atoms with van der Waals surface area (Å²) in [6.07, 6.45) is 0.0346. The number of thiazole rings is 1. The maximum absolute atomic E-state index is 13.3. The Bertz CT molecular complexity index is 772. The van der Waals surface area contributed by atoms with Gasteiger partial charge in [-0.3, -0.25) is 9.59 Å². The Balaban J connectivity index is 1.83. The van der Waals surface area contributed by atoms with Gasteiger partial charge in [0.15, 0.2) is 5.13 Å². The van der Waals surface area contributed by atoms with Gasteiger partial charge in [0.05, 0.1) is 11.6 Å². The highest BCUT2D eigenvalue weighted by Gasteiger charge is 2.31. The van der Waals surface area contributed by atoms with E-state index in [-0.39, 0.29) is 24.2 Å². The van der Waals surface area contributed by atoms with E-state index in [4.69, 9.17) is 0 Å². The predicted molar refractivity (Wildman–Crippen MR) is 87.2 cm³/mol. The van der Waals surface area contributed by atoms with Gasteiger partial charge < -0.3 is 10.6 Å². The molecule has 1 unspecified atom stereocenters. The van der Waals surface area contributed by atoms with E-state index in [1.807, 2.05) is 19.2 Å². The Morgan fingerprint density at radius 3 is 2.96 bits per heavy atom. The largest absolute Gasteiger partial charge is 0.326 e. The van der Waals surface area contributed by atoms with E-state index in [1.165, 1.54) is 29.5 Å². The van der Waals surface area contributed by atoms with E-state index in [2.05, 4.69) is 15.6 Å². The zero-order valence-electron chi connectivity index (χ0n) is 12.7. The van der Waals surface area contributed by atoms with Gasteiger partial charge in [-0.2, -0.15) is 0 Å². The number of aromatic nitrogens is 1. The third-order valence-corrected chi connectivity index (χ3v) is 4.49. The first-order chi connectivity index (χ1) is 10.9. The fraction of sp³-hybridized carbons (Fsp3) is 0.312. The molecule has 0 saturated heterocycles. The second-order valence-corrected chi connectivity index (χ2v) is 6.62. The monoisotopic (exact) mass is 333 g/mol. The molecule has 0 aliphatic carbocycles. The Kier molecular flexibility index (Phi) is 4.12. The van der Waals surface area contributed by atoms with Crippen molar-refractivity contribution in [2.45, 2.75) is 32.1 Å². The lowest BCUT2D eigenvalue weighted by atomic mass is 9.90. The van der Waals surface area contributed by atoms with Crippen molar-refractivity contribution in [3.05, 3.63) is 40.7 Å². The molecule has 0 radical (unpaired) electrons. The minimum absolute atomic E-state index is 0.0346. The fourth-order valence-corrected chi connectivity index (χ4v) is 3.35. The Hall–Kier alpha value is -2.28. The molecule has 7 heteroatoms. The van der Waals surface area contributed by atoms with Crippen LogP contribution in [0.3, 0.4) is 0 Å². The molecule has 0 bridgehead atoms. The van der Waals surface area contributed by atoms with Gasteiger partial charge in [-0.25, -0.2) is 9.37 Å². The quantitative estimate of drug-likeness (QED) is 0.903. The van der Waals surface area contributed by atoms with Crippen molar-refractivity contribution >= 4 is 34.0 Å². The normalized spacial score (nSPS) is 16.9. The summed E-state index contributed by atoms with van der Waals surface area (Å²) in [7, 11) is 0. The summed E-state index contributed by atoms with van der Waals surface area (Å²) in [5.41, 5.74) is 1.88. The van der Waals surface area contributed by atoms with E-state index >= 15 is 0 Å². The van der Waals surface area contributed by atoms with Crippen molar-refractivity contribution in [3.63, 3.8) is 0 Å². The lowest BCUT2D eigenvalue weighted by Crippen LogP contribution is -2.30. The summed E-state index contributed by atoms with van der Waals surface area (Å²) in [5, 5.41) is 7.76. The second-order valence-electron chi connectivity index (χ2n) is 5.76. The number of nitrogens with one attached hydrogen (secondary N) is 2. The first-order valence-electron chi connectivity index (χ1n) is 7.29. The minimum atomic E-state index is -0.647. The second kappa shape index (κ2) is 6.08. The van der Waals surface area contributed by atoms with E-state index in [9.17, 15) is 14.0 Å². The number of anilines is 2. The summed E-state index contributed by atoms with van der Waals surface area (Å²) in [6, 6.07) is 4.06. The third kappa shape index (κ3) is 3.24. The number of fused-ring (bicyclic) bond motifs is 1. The molecule has 5 nitrogen and oxygen atoms in total. The number of hydrogen-bond donors (Lipinski definition) is 2. The molecule has 3 rings (SSSR count). The predicted octanol–water partition coefficient (Wildman–Crippen LogP) is 3.47. The standard InChI is InChI=1S/C16H16FN3O2S/c1-8(2)13-7-23-16(19-13)20-15(22)11-6-14(21)18-12-5-9(17)3-4-10(11)12/h3-5,7-8,11H,6H2,1-2H3,(H,18,21)(H,19,20,22). The number of carbonyl (C=O) groups is 2. The van der Waals surface area contributed by atoms with Crippen molar-refractivity contribution in [1.82, 2.24) is 4.98 Å². The number of rotatable bonds is 3. The van der Waals surface area contributed by atoms with Crippen LogP contribution in [0.25, 0.3) is 0 Å². The molecule has 23 heavy (non-hydrogen) atoms. The van der Waals surface area contributed by atoms with Crippen LogP contribution in [0.15, 0.2) is 23.6 Å². The lowest BCUT2D eigenvalue weighted by molar-refractivity contribution is -0.123. The summed E-state index contributed by atoms with van der Waals surface area (Å²) in [5.74, 6) is -1.43. The van der Waals surface area contributed by atoms with E-state index < -0.39 is 11.7 Å². The summed E-state index contributed by atoms with van der Waals surface area (Å²) >= 11 is 1.35. The highest BCUT2D eigenvalue weighted by atomic mass is 32.1. The Morgan fingerprint density at radius 2 is 2.26 bits per heavy atom. The van der Waals surface area contributed by atoms with Gasteiger partial charge in [0.2, 0.25) is 11.8 Å². The first kappa shape index (κ1) is 15.6. The summed E-state index contributed by atoms with van der Waals surface area (Å²) in [6.45, 7) is 4.05. The molecule has 1 aliphatic rings. The number of carbonyl (C=O) groups excluding carboxylic acids is 2. The molecule has 0 spiro atoms. The van der Waals surface area contributed by atoms with Crippen LogP contribution in [0.4, 0.5) is 15.2 Å². The van der Waals surface area contributed by atoms with Gasteiger partial charge in [-0.05, 0) is 23.6 Å². The molecule has 120 valence electrons. The van der Waals surface area contributed by atoms with Gasteiger partial charge in [0, 0.05) is 17.5 Å². The number of benzene rings is 1. The molecule has 2 heterocycles. The molecular formula is C16H16FN3O2S. The van der Waals surface area contributed by atoms with Crippen LogP contribution in [0.2, 0.25) is 0 Å². The molecule has 1 aliphatic heterocycles. The van der Waals surface area contributed by atoms with Gasteiger partial charge in [0.25, 0.3) is 0 Å². The summed E-state index contributed by atoms with van der Waals surface area (Å²) < 4.78 is 13.3. The number of nitrogens with zero attached hydrogens (tertiary/aromatic N) is 1. The zero-order chi connectivity index (χ0) is 16.6. The van der Waals surface area contributed by atoms with Gasteiger partial charge in [-0.1, -0.05) is 19.9 Å². The van der Waals surface area contributed by atoms with Crippen LogP contribution >= 0.6 is 11.3 Å². The fourth-order valence-electron chi connectivity index (χ4n) is 2.47. The topological polar surface area (TPSA) is 71.1 Å². The molecule has 1 aromatic carbocycles. The smallest absolute Gasteiger partial charge is 0.234 e. The maximum Gasteiger partial charge on any atom is 0.234 e. The average molecular weight is 333 g/mol. The first-order valence-corrected chi connectivity index (χ1v) is 8.17. The van der Waals surface area contributed by atoms with Crippen LogP contribution in [0.1, 0.15) is 43.4 Å². The van der Waals surface area contributed by atoms with Gasteiger partial charge >= 0.3 is 0 Å². The van der Waals surface area contributed by atoms with Gasteiger partial charge in [0.1, 0.15) is 5.82 Å². The molecule has 1 aromatic heterocycles. The molecule has 1 atom stereocenters.